The highest BCUT2D eigenvalue weighted by Crippen LogP contribution is 2.45. The van der Waals surface area contributed by atoms with E-state index in [0.29, 0.717) is 13.0 Å². The molecule has 1 saturated heterocycles. The summed E-state index contributed by atoms with van der Waals surface area (Å²) in [6.07, 6.45) is 1.21. The second kappa shape index (κ2) is 11.1. The maximum absolute atomic E-state index is 14.9. The van der Waals surface area contributed by atoms with E-state index in [1.54, 1.807) is 4.90 Å². The molecule has 41 heavy (non-hydrogen) atoms. The van der Waals surface area contributed by atoms with Crippen LogP contribution in [0.25, 0.3) is 11.3 Å². The first-order chi connectivity index (χ1) is 19.6. The number of ether oxygens (including phenoxy) is 2. The van der Waals surface area contributed by atoms with Crippen molar-refractivity contribution >= 4 is 17.4 Å². The number of benzene rings is 2. The van der Waals surface area contributed by atoms with Gasteiger partial charge < -0.3 is 14.4 Å². The van der Waals surface area contributed by atoms with Crippen LogP contribution in [-0.4, -0.2) is 55.0 Å². The molecule has 2 heterocycles. The normalized spacial score (nSPS) is 21.8. The van der Waals surface area contributed by atoms with Crippen LogP contribution in [-0.2, 0) is 16.1 Å². The number of nitrogens with zero attached hydrogens (tertiary/aromatic N) is 2. The number of aromatic nitrogens is 1. The van der Waals surface area contributed by atoms with Crippen LogP contribution in [0.2, 0.25) is 0 Å². The molecule has 0 radical (unpaired) electrons. The van der Waals surface area contributed by atoms with Crippen molar-refractivity contribution in [2.24, 2.45) is 0 Å². The Hall–Kier alpha value is -3.99. The minimum Gasteiger partial charge on any atom is -0.494 e. The van der Waals surface area contributed by atoms with Crippen LogP contribution in [0, 0.1) is 11.6 Å². The van der Waals surface area contributed by atoms with Gasteiger partial charge in [0.15, 0.2) is 11.6 Å². The maximum atomic E-state index is 14.9. The summed E-state index contributed by atoms with van der Waals surface area (Å²) in [7, 11) is 2.38. The summed E-state index contributed by atoms with van der Waals surface area (Å²) >= 11 is 0. The Labute approximate surface area is 234 Å². The number of methoxy groups -OCH3 is 2. The number of fused-ring (bicyclic) bond motifs is 1. The molecule has 7 nitrogen and oxygen atoms in total. The van der Waals surface area contributed by atoms with Crippen LogP contribution in [0.3, 0.4) is 0 Å². The third-order valence-corrected chi connectivity index (χ3v) is 7.95. The van der Waals surface area contributed by atoms with E-state index in [2.05, 4.69) is 10.3 Å². The molecule has 1 aliphatic carbocycles. The first-order valence-corrected chi connectivity index (χ1v) is 13.2. The van der Waals surface area contributed by atoms with E-state index in [9.17, 15) is 27.2 Å². The summed E-state index contributed by atoms with van der Waals surface area (Å²) in [4.78, 5) is 32.4. The first-order valence-electron chi connectivity index (χ1n) is 13.2. The molecular formula is C30H29F4N3O4. The molecule has 1 unspecified atom stereocenters. The number of rotatable bonds is 7. The van der Waals surface area contributed by atoms with Crippen LogP contribution in [0.5, 0.6) is 5.75 Å². The van der Waals surface area contributed by atoms with E-state index in [-0.39, 0.29) is 47.6 Å². The Kier molecular flexibility index (Phi) is 7.74. The Balaban J connectivity index is 1.57. The zero-order chi connectivity index (χ0) is 29.4. The zero-order valence-electron chi connectivity index (χ0n) is 22.6. The van der Waals surface area contributed by atoms with Crippen molar-refractivity contribution in [3.8, 4) is 17.0 Å². The maximum Gasteiger partial charge on any atom is 0.340 e. The fraction of sp³-hybridized carbons (Fsp3) is 0.367. The number of carbonyl (C=O) groups excluding carboxylic acids is 2. The highest BCUT2D eigenvalue weighted by atomic mass is 19.3. The van der Waals surface area contributed by atoms with E-state index in [1.165, 1.54) is 26.5 Å². The fourth-order valence-electron chi connectivity index (χ4n) is 5.95. The van der Waals surface area contributed by atoms with Crippen LogP contribution in [0.4, 0.5) is 23.2 Å². The number of piperidine rings is 1. The molecule has 2 atom stereocenters. The lowest BCUT2D eigenvalue weighted by molar-refractivity contribution is -0.159. The van der Waals surface area contributed by atoms with E-state index in [0.717, 1.165) is 17.7 Å². The molecule has 1 N–H and O–H groups in total. The summed E-state index contributed by atoms with van der Waals surface area (Å²) in [6.45, 7) is 0.547. The van der Waals surface area contributed by atoms with Gasteiger partial charge in [-0.2, -0.15) is 8.78 Å². The fourth-order valence-corrected chi connectivity index (χ4v) is 5.95. The molecule has 5 rings (SSSR count). The molecule has 1 aromatic heterocycles. The number of hydrogen-bond acceptors (Lipinski definition) is 7. The Morgan fingerprint density at radius 2 is 1.85 bits per heavy atom. The Morgan fingerprint density at radius 3 is 2.56 bits per heavy atom. The molecule has 2 fully saturated rings. The van der Waals surface area contributed by atoms with Gasteiger partial charge in [0.25, 0.3) is 0 Å². The highest BCUT2D eigenvalue weighted by Gasteiger charge is 2.61. The second-order valence-corrected chi connectivity index (χ2v) is 10.2. The Morgan fingerprint density at radius 1 is 1.10 bits per heavy atom. The summed E-state index contributed by atoms with van der Waals surface area (Å²) in [6, 6.07) is 11.5. The summed E-state index contributed by atoms with van der Waals surface area (Å²) < 4.78 is 68.9. The number of halogens is 4. The molecule has 1 saturated carbocycles. The number of nitrogens with one attached hydrogen (secondary N) is 1. The minimum atomic E-state index is -3.51. The van der Waals surface area contributed by atoms with Gasteiger partial charge >= 0.3 is 11.9 Å². The average Bonchev–Trinajstić information content (AvgIpc) is 2.99. The van der Waals surface area contributed by atoms with Crippen molar-refractivity contribution in [1.82, 2.24) is 10.3 Å². The molecular weight excluding hydrogens is 542 g/mol. The molecule has 1 aliphatic heterocycles. The molecule has 2 aliphatic rings. The predicted molar refractivity (Wildman–Crippen MR) is 143 cm³/mol. The Bertz CT molecular complexity index is 1470. The van der Waals surface area contributed by atoms with Gasteiger partial charge in [-0.15, -0.1) is 0 Å². The number of esters is 1. The third kappa shape index (κ3) is 5.14. The molecule has 216 valence electrons. The van der Waals surface area contributed by atoms with Crippen molar-refractivity contribution in [1.29, 1.82) is 0 Å². The number of hydrogen-bond donors (Lipinski definition) is 1. The van der Waals surface area contributed by atoms with Crippen LogP contribution in [0.1, 0.15) is 41.6 Å². The van der Waals surface area contributed by atoms with Crippen molar-refractivity contribution < 1.29 is 36.6 Å². The lowest BCUT2D eigenvalue weighted by Gasteiger charge is -2.54. The van der Waals surface area contributed by atoms with E-state index in [4.69, 9.17) is 9.47 Å². The summed E-state index contributed by atoms with van der Waals surface area (Å²) in [5, 5.41) is 3.17. The molecule has 11 heteroatoms. The number of ketones is 1. The highest BCUT2D eigenvalue weighted by molar-refractivity contribution is 5.99. The number of pyridine rings is 1. The number of carbonyl (C=O) groups is 2. The number of anilines is 1. The van der Waals surface area contributed by atoms with Gasteiger partial charge in [0, 0.05) is 31.1 Å². The molecule has 0 spiro atoms. The molecule has 2 aromatic carbocycles. The van der Waals surface area contributed by atoms with Gasteiger partial charge in [0.05, 0.1) is 43.4 Å². The van der Waals surface area contributed by atoms with E-state index < -0.39 is 47.3 Å². The third-order valence-electron chi connectivity index (χ3n) is 7.95. The van der Waals surface area contributed by atoms with Crippen molar-refractivity contribution in [2.75, 3.05) is 25.7 Å². The monoisotopic (exact) mass is 571 g/mol. The number of alkyl halides is 2. The van der Waals surface area contributed by atoms with Crippen LogP contribution in [0.15, 0.2) is 54.7 Å². The van der Waals surface area contributed by atoms with Gasteiger partial charge in [-0.3, -0.25) is 15.1 Å². The largest absolute Gasteiger partial charge is 0.494 e. The van der Waals surface area contributed by atoms with Crippen molar-refractivity contribution in [3.05, 3.63) is 77.5 Å². The minimum absolute atomic E-state index is 0.0169. The van der Waals surface area contributed by atoms with Crippen LogP contribution >= 0.6 is 0 Å². The quantitative estimate of drug-likeness (QED) is 0.304. The molecule has 0 bridgehead atoms. The van der Waals surface area contributed by atoms with Gasteiger partial charge in [-0.05, 0) is 37.0 Å². The topological polar surface area (TPSA) is 80.8 Å². The average molecular weight is 572 g/mol. The summed E-state index contributed by atoms with van der Waals surface area (Å²) in [5.41, 5.74) is -0.766. The lowest BCUT2D eigenvalue weighted by atomic mass is 9.68. The SMILES string of the molecule is COC(=O)c1cc(-c2cc(F)c(OC)cc2F)ncc1N1CCC[C@]2(NCc3ccccc3)C(=O)C(F)(F)CCC12. The zero-order valence-corrected chi connectivity index (χ0v) is 22.6. The van der Waals surface area contributed by atoms with Gasteiger partial charge in [0.1, 0.15) is 11.4 Å². The summed E-state index contributed by atoms with van der Waals surface area (Å²) in [5.74, 6) is -7.39. The molecule has 0 amide bonds. The van der Waals surface area contributed by atoms with Crippen molar-refractivity contribution in [3.63, 3.8) is 0 Å². The van der Waals surface area contributed by atoms with E-state index in [1.807, 2.05) is 30.3 Å². The van der Waals surface area contributed by atoms with Crippen molar-refractivity contribution in [2.45, 2.75) is 49.7 Å². The molecule has 3 aromatic rings. The van der Waals surface area contributed by atoms with Gasteiger partial charge in [-0.25, -0.2) is 13.6 Å². The van der Waals surface area contributed by atoms with Crippen LogP contribution < -0.4 is 15.0 Å². The van der Waals surface area contributed by atoms with Gasteiger partial charge in [-0.1, -0.05) is 30.3 Å². The standard InChI is InChI=1S/C30H29F4N3O4/c1-40-25-15-21(31)19(13-22(25)32)23-14-20(27(38)41-2)24(17-35-23)37-12-6-10-29(36-16-18-7-4-3-5-8-18)26(37)9-11-30(33,34)28(29)39/h3-5,7-8,13-15,17,26,36H,6,9-12,16H2,1-2H3/t26?,29-/m1/s1. The van der Waals surface area contributed by atoms with Gasteiger partial charge in [0.2, 0.25) is 5.78 Å². The smallest absolute Gasteiger partial charge is 0.340 e. The lowest BCUT2D eigenvalue weighted by Crippen LogP contribution is -2.73. The predicted octanol–water partition coefficient (Wildman–Crippen LogP) is 5.32. The first kappa shape index (κ1) is 28.5. The second-order valence-electron chi connectivity index (χ2n) is 10.2. The van der Waals surface area contributed by atoms with E-state index >= 15 is 0 Å². The number of Topliss-reactive ketones (excluding diaryl/α,β-unsaturated/α-hetero) is 1.